The first-order valence-corrected chi connectivity index (χ1v) is 15.1. The number of hydrogen-bond donors (Lipinski definition) is 1. The third kappa shape index (κ3) is 5.97. The van der Waals surface area contributed by atoms with Gasteiger partial charge in [0.2, 0.25) is 10.0 Å². The van der Waals surface area contributed by atoms with Gasteiger partial charge in [0.15, 0.2) is 0 Å². The van der Waals surface area contributed by atoms with Crippen LogP contribution in [0.25, 0.3) is 22.4 Å². The number of piperidine rings is 1. The van der Waals surface area contributed by atoms with Crippen molar-refractivity contribution in [2.75, 3.05) is 40.3 Å². The second kappa shape index (κ2) is 12.0. The van der Waals surface area contributed by atoms with E-state index in [2.05, 4.69) is 30.9 Å². The first-order chi connectivity index (χ1) is 18.1. The first kappa shape index (κ1) is 28.3. The van der Waals surface area contributed by atoms with Gasteiger partial charge < -0.3 is 19.2 Å². The molecule has 3 heterocycles. The fraction of sp³-hybridized carbons (Fsp3) is 0.571. The maximum Gasteiger partial charge on any atom is 0.275 e. The summed E-state index contributed by atoms with van der Waals surface area (Å²) < 4.78 is 36.7. The molecule has 1 aliphatic heterocycles. The molecule has 1 aliphatic rings. The van der Waals surface area contributed by atoms with Crippen molar-refractivity contribution in [1.82, 2.24) is 23.7 Å². The number of nitrogens with zero attached hydrogens (tertiary/aromatic N) is 4. The number of benzene rings is 1. The van der Waals surface area contributed by atoms with Crippen LogP contribution in [0.1, 0.15) is 51.5 Å². The van der Waals surface area contributed by atoms with Crippen LogP contribution in [-0.2, 0) is 23.5 Å². The SMILES string of the molecule is CCCOc1ccc(S(=O)(=O)N2CCC(CCN(C)C)CC2)cc1-c1nc2c(CCC)cn(C)c2c(=O)[nH]1. The highest BCUT2D eigenvalue weighted by molar-refractivity contribution is 7.89. The van der Waals surface area contributed by atoms with E-state index < -0.39 is 10.0 Å². The van der Waals surface area contributed by atoms with E-state index in [1.165, 1.54) is 0 Å². The van der Waals surface area contributed by atoms with E-state index >= 15 is 0 Å². The molecule has 10 heteroatoms. The van der Waals surface area contributed by atoms with Crippen LogP contribution in [0.2, 0.25) is 0 Å². The average Bonchev–Trinajstić information content (AvgIpc) is 3.21. The molecule has 0 radical (unpaired) electrons. The van der Waals surface area contributed by atoms with Crippen molar-refractivity contribution in [2.45, 2.75) is 57.3 Å². The minimum absolute atomic E-state index is 0.188. The largest absolute Gasteiger partial charge is 0.493 e. The summed E-state index contributed by atoms with van der Waals surface area (Å²) in [5, 5.41) is 0. The number of nitrogens with one attached hydrogen (secondary N) is 1. The number of aromatic nitrogens is 3. The van der Waals surface area contributed by atoms with E-state index in [-0.39, 0.29) is 10.5 Å². The molecule has 0 aliphatic carbocycles. The lowest BCUT2D eigenvalue weighted by molar-refractivity contribution is 0.243. The molecule has 208 valence electrons. The third-order valence-electron chi connectivity index (χ3n) is 7.28. The van der Waals surface area contributed by atoms with Gasteiger partial charge >= 0.3 is 0 Å². The van der Waals surface area contributed by atoms with E-state index in [1.54, 1.807) is 27.1 Å². The topological polar surface area (TPSA) is 101 Å². The number of hydrogen-bond acceptors (Lipinski definition) is 6. The lowest BCUT2D eigenvalue weighted by atomic mass is 9.94. The number of aryl methyl sites for hydroxylation is 2. The molecule has 0 unspecified atom stereocenters. The van der Waals surface area contributed by atoms with Crippen LogP contribution in [0.4, 0.5) is 0 Å². The van der Waals surface area contributed by atoms with Crippen molar-refractivity contribution in [1.29, 1.82) is 0 Å². The van der Waals surface area contributed by atoms with Crippen LogP contribution in [0.3, 0.4) is 0 Å². The highest BCUT2D eigenvalue weighted by atomic mass is 32.2. The number of H-pyrrole nitrogens is 1. The van der Waals surface area contributed by atoms with Crippen LogP contribution in [-0.4, -0.2) is 72.5 Å². The number of rotatable bonds is 11. The number of sulfonamides is 1. The Labute approximate surface area is 225 Å². The quantitative estimate of drug-likeness (QED) is 0.392. The van der Waals surface area contributed by atoms with Gasteiger partial charge in [-0.1, -0.05) is 20.3 Å². The molecule has 1 N–H and O–H groups in total. The van der Waals surface area contributed by atoms with Gasteiger partial charge in [0.25, 0.3) is 5.56 Å². The molecule has 9 nitrogen and oxygen atoms in total. The van der Waals surface area contributed by atoms with Crippen molar-refractivity contribution in [2.24, 2.45) is 13.0 Å². The van der Waals surface area contributed by atoms with Gasteiger partial charge in [-0.2, -0.15) is 4.31 Å². The third-order valence-corrected chi connectivity index (χ3v) is 9.18. The predicted octanol–water partition coefficient (Wildman–Crippen LogP) is 4.02. The monoisotopic (exact) mass is 543 g/mol. The van der Waals surface area contributed by atoms with E-state index in [1.807, 2.05) is 20.2 Å². The molecule has 0 bridgehead atoms. The highest BCUT2D eigenvalue weighted by Crippen LogP contribution is 2.33. The van der Waals surface area contributed by atoms with Crippen molar-refractivity contribution in [3.63, 3.8) is 0 Å². The van der Waals surface area contributed by atoms with Gasteiger partial charge in [0, 0.05) is 26.3 Å². The zero-order valence-electron chi connectivity index (χ0n) is 23.3. The van der Waals surface area contributed by atoms with Gasteiger partial charge in [-0.3, -0.25) is 4.79 Å². The molecule has 38 heavy (non-hydrogen) atoms. The molecule has 0 atom stereocenters. The van der Waals surface area contributed by atoms with E-state index in [0.29, 0.717) is 53.8 Å². The van der Waals surface area contributed by atoms with E-state index in [0.717, 1.165) is 50.6 Å². The Balaban J connectivity index is 1.71. The molecule has 1 aromatic carbocycles. The van der Waals surface area contributed by atoms with Crippen molar-refractivity contribution >= 4 is 21.1 Å². The van der Waals surface area contributed by atoms with Crippen molar-refractivity contribution in [3.05, 3.63) is 40.3 Å². The van der Waals surface area contributed by atoms with Gasteiger partial charge in [0.1, 0.15) is 17.1 Å². The van der Waals surface area contributed by atoms with E-state index in [4.69, 9.17) is 9.72 Å². The van der Waals surface area contributed by atoms with Crippen LogP contribution in [0.15, 0.2) is 34.1 Å². The molecular weight excluding hydrogens is 502 g/mol. The standard InChI is InChI=1S/C28H41N5O4S/c1-6-8-21-19-32(5)26-25(21)29-27(30-28(26)34)23-18-22(9-10-24(23)37-17-7-2)38(35,36)33-15-12-20(13-16-33)11-14-31(3)4/h9-10,18-20H,6-8,11-17H2,1-5H3,(H,29,30,34). The molecule has 2 aromatic heterocycles. The average molecular weight is 544 g/mol. The smallest absolute Gasteiger partial charge is 0.275 e. The van der Waals surface area contributed by atoms with Crippen LogP contribution in [0.5, 0.6) is 5.75 Å². The molecule has 1 saturated heterocycles. The Morgan fingerprint density at radius 2 is 1.89 bits per heavy atom. The van der Waals surface area contributed by atoms with Crippen LogP contribution < -0.4 is 10.3 Å². The summed E-state index contributed by atoms with van der Waals surface area (Å²) in [7, 11) is 2.26. The highest BCUT2D eigenvalue weighted by Gasteiger charge is 2.30. The minimum Gasteiger partial charge on any atom is -0.493 e. The zero-order valence-corrected chi connectivity index (χ0v) is 24.1. The maximum atomic E-state index is 13.7. The normalized spacial score (nSPS) is 15.5. The summed E-state index contributed by atoms with van der Waals surface area (Å²) in [4.78, 5) is 23.2. The maximum absolute atomic E-state index is 13.7. The lowest BCUT2D eigenvalue weighted by Crippen LogP contribution is -2.39. The summed E-state index contributed by atoms with van der Waals surface area (Å²) in [5.74, 6) is 1.36. The Kier molecular flexibility index (Phi) is 8.95. The zero-order chi connectivity index (χ0) is 27.4. The molecule has 4 rings (SSSR count). The van der Waals surface area contributed by atoms with Crippen molar-refractivity contribution in [3.8, 4) is 17.1 Å². The Morgan fingerprint density at radius 1 is 1.16 bits per heavy atom. The van der Waals surface area contributed by atoms with Gasteiger partial charge in [-0.15, -0.1) is 0 Å². The Morgan fingerprint density at radius 3 is 2.55 bits per heavy atom. The summed E-state index contributed by atoms with van der Waals surface area (Å²) in [6.07, 6.45) is 7.26. The predicted molar refractivity (Wildman–Crippen MR) is 151 cm³/mol. The van der Waals surface area contributed by atoms with Crippen LogP contribution >= 0.6 is 0 Å². The fourth-order valence-electron chi connectivity index (χ4n) is 5.18. The molecule has 3 aromatic rings. The molecule has 0 saturated carbocycles. The number of aromatic amines is 1. The molecule has 1 fully saturated rings. The van der Waals surface area contributed by atoms with Gasteiger partial charge in [-0.05, 0) is 82.4 Å². The Bertz CT molecular complexity index is 1420. The summed E-state index contributed by atoms with van der Waals surface area (Å²) in [6, 6.07) is 4.89. The van der Waals surface area contributed by atoms with Gasteiger partial charge in [-0.25, -0.2) is 13.4 Å². The van der Waals surface area contributed by atoms with Crippen LogP contribution in [0, 0.1) is 5.92 Å². The van der Waals surface area contributed by atoms with Crippen molar-refractivity contribution < 1.29 is 13.2 Å². The fourth-order valence-corrected chi connectivity index (χ4v) is 6.67. The summed E-state index contributed by atoms with van der Waals surface area (Å²) >= 11 is 0. The minimum atomic E-state index is -3.71. The number of ether oxygens (including phenoxy) is 1. The van der Waals surface area contributed by atoms with Gasteiger partial charge in [0.05, 0.1) is 22.6 Å². The second-order valence-corrected chi connectivity index (χ2v) is 12.5. The number of fused-ring (bicyclic) bond motifs is 1. The summed E-state index contributed by atoms with van der Waals surface area (Å²) in [6.45, 7) is 6.59. The van der Waals surface area contributed by atoms with E-state index in [9.17, 15) is 13.2 Å². The second-order valence-electron chi connectivity index (χ2n) is 10.6. The Hall–Kier alpha value is -2.69. The first-order valence-electron chi connectivity index (χ1n) is 13.7. The molecule has 0 amide bonds. The summed E-state index contributed by atoms with van der Waals surface area (Å²) in [5.41, 5.74) is 2.36. The molecule has 0 spiro atoms. The molecular formula is C28H41N5O4S. The lowest BCUT2D eigenvalue weighted by Gasteiger charge is -2.31.